The van der Waals surface area contributed by atoms with Crippen LogP contribution < -0.4 is 4.74 Å². The number of carbonyl (C=O) groups excluding carboxylic acids is 1. The van der Waals surface area contributed by atoms with E-state index in [4.69, 9.17) is 4.74 Å². The monoisotopic (exact) mass is 354 g/mol. The minimum absolute atomic E-state index is 0.00885. The van der Waals surface area contributed by atoms with Crippen molar-refractivity contribution >= 4 is 5.91 Å². The number of hydrogen-bond donors (Lipinski definition) is 1. The fourth-order valence-electron chi connectivity index (χ4n) is 3.84. The number of aliphatic hydroxyl groups excluding tert-OH is 1. The number of benzene rings is 1. The summed E-state index contributed by atoms with van der Waals surface area (Å²) in [6, 6.07) is 6.47. The lowest BCUT2D eigenvalue weighted by Gasteiger charge is -2.38. The SMILES string of the molecule is COc1ccc(C(=O)N2CCC(N3CC(F)(F)C[C@H]3CO)CC2)cc1. The van der Waals surface area contributed by atoms with Gasteiger partial charge in [0.1, 0.15) is 5.75 Å². The number of methoxy groups -OCH3 is 1. The lowest BCUT2D eigenvalue weighted by Crippen LogP contribution is -2.49. The second-order valence-electron chi connectivity index (χ2n) is 6.82. The van der Waals surface area contributed by atoms with E-state index in [0.717, 1.165) is 0 Å². The van der Waals surface area contributed by atoms with Gasteiger partial charge in [0.2, 0.25) is 0 Å². The average Bonchev–Trinajstić information content (AvgIpc) is 2.96. The molecule has 0 aromatic heterocycles. The van der Waals surface area contributed by atoms with Crippen molar-refractivity contribution in [2.75, 3.05) is 33.4 Å². The molecule has 1 aromatic rings. The van der Waals surface area contributed by atoms with Crippen LogP contribution in [0.3, 0.4) is 0 Å². The summed E-state index contributed by atoms with van der Waals surface area (Å²) in [5.74, 6) is -2.09. The van der Waals surface area contributed by atoms with Crippen LogP contribution in [0.1, 0.15) is 29.6 Å². The van der Waals surface area contributed by atoms with E-state index < -0.39 is 12.0 Å². The third-order valence-electron chi connectivity index (χ3n) is 5.19. The second-order valence-corrected chi connectivity index (χ2v) is 6.82. The van der Waals surface area contributed by atoms with Gasteiger partial charge in [0.25, 0.3) is 11.8 Å². The summed E-state index contributed by atoms with van der Waals surface area (Å²) in [5.41, 5.74) is 0.597. The molecule has 2 fully saturated rings. The van der Waals surface area contributed by atoms with Crippen LogP contribution in [-0.4, -0.2) is 72.2 Å². The van der Waals surface area contributed by atoms with E-state index in [1.165, 1.54) is 0 Å². The zero-order chi connectivity index (χ0) is 18.0. The maximum absolute atomic E-state index is 13.6. The van der Waals surface area contributed by atoms with Gasteiger partial charge in [-0.2, -0.15) is 0 Å². The van der Waals surface area contributed by atoms with Crippen molar-refractivity contribution in [2.45, 2.75) is 37.3 Å². The van der Waals surface area contributed by atoms with Gasteiger partial charge in [0.15, 0.2) is 0 Å². The molecule has 7 heteroatoms. The Kier molecular flexibility index (Phi) is 5.24. The van der Waals surface area contributed by atoms with Crippen molar-refractivity contribution in [1.82, 2.24) is 9.80 Å². The van der Waals surface area contributed by atoms with Crippen LogP contribution in [0.4, 0.5) is 8.78 Å². The minimum atomic E-state index is -2.73. The lowest BCUT2D eigenvalue weighted by atomic mass is 10.0. The number of alkyl halides is 2. The summed E-state index contributed by atoms with van der Waals surface area (Å²) in [6.45, 7) is 0.529. The third-order valence-corrected chi connectivity index (χ3v) is 5.19. The van der Waals surface area contributed by atoms with Gasteiger partial charge >= 0.3 is 0 Å². The van der Waals surface area contributed by atoms with Crippen molar-refractivity contribution in [2.24, 2.45) is 0 Å². The lowest BCUT2D eigenvalue weighted by molar-refractivity contribution is 0.00296. The van der Waals surface area contributed by atoms with Gasteiger partial charge in [-0.25, -0.2) is 8.78 Å². The normalized spacial score (nSPS) is 24.5. The number of aliphatic hydroxyl groups is 1. The Morgan fingerprint density at radius 2 is 1.92 bits per heavy atom. The smallest absolute Gasteiger partial charge is 0.262 e. The van der Waals surface area contributed by atoms with Gasteiger partial charge in [0.05, 0.1) is 20.3 Å². The van der Waals surface area contributed by atoms with Crippen LogP contribution >= 0.6 is 0 Å². The van der Waals surface area contributed by atoms with Crippen LogP contribution in [0, 0.1) is 0 Å². The van der Waals surface area contributed by atoms with Crippen molar-refractivity contribution in [1.29, 1.82) is 0 Å². The maximum Gasteiger partial charge on any atom is 0.262 e. The van der Waals surface area contributed by atoms with E-state index in [2.05, 4.69) is 0 Å². The van der Waals surface area contributed by atoms with Crippen molar-refractivity contribution < 1.29 is 23.4 Å². The Hall–Kier alpha value is -1.73. The molecule has 1 aromatic carbocycles. The summed E-state index contributed by atoms with van der Waals surface area (Å²) in [7, 11) is 1.57. The van der Waals surface area contributed by atoms with Gasteiger partial charge in [-0.3, -0.25) is 9.69 Å². The van der Waals surface area contributed by atoms with E-state index in [1.807, 2.05) is 0 Å². The molecule has 0 bridgehead atoms. The standard InChI is InChI=1S/C18H24F2N2O3/c1-25-16-4-2-13(3-5-16)17(24)21-8-6-14(7-9-21)22-12-18(19,20)10-15(22)11-23/h2-5,14-15,23H,6-12H2,1H3/t15-/m0/s1. The van der Waals surface area contributed by atoms with Crippen LogP contribution in [-0.2, 0) is 0 Å². The maximum atomic E-state index is 13.6. The number of piperidine rings is 1. The van der Waals surface area contributed by atoms with Gasteiger partial charge in [-0.1, -0.05) is 0 Å². The fourth-order valence-corrected chi connectivity index (χ4v) is 3.84. The summed E-state index contributed by atoms with van der Waals surface area (Å²) in [4.78, 5) is 16.1. The van der Waals surface area contributed by atoms with Gasteiger partial charge in [0, 0.05) is 37.2 Å². The Balaban J connectivity index is 1.58. The molecule has 2 heterocycles. The predicted molar refractivity (Wildman–Crippen MR) is 89.1 cm³/mol. The highest BCUT2D eigenvalue weighted by Crippen LogP contribution is 2.35. The largest absolute Gasteiger partial charge is 0.497 e. The first-order valence-corrected chi connectivity index (χ1v) is 8.61. The minimum Gasteiger partial charge on any atom is -0.497 e. The zero-order valence-electron chi connectivity index (χ0n) is 14.3. The molecule has 25 heavy (non-hydrogen) atoms. The second kappa shape index (κ2) is 7.25. The van der Waals surface area contributed by atoms with Crippen LogP contribution in [0.15, 0.2) is 24.3 Å². The van der Waals surface area contributed by atoms with Crippen molar-refractivity contribution in [3.8, 4) is 5.75 Å². The molecule has 0 spiro atoms. The number of halogens is 2. The van der Waals surface area contributed by atoms with E-state index in [-0.39, 0.29) is 31.5 Å². The Morgan fingerprint density at radius 1 is 1.28 bits per heavy atom. The first kappa shape index (κ1) is 18.1. The predicted octanol–water partition coefficient (Wildman–Crippen LogP) is 2.00. The van der Waals surface area contributed by atoms with Crippen LogP contribution in [0.5, 0.6) is 5.75 Å². The molecule has 138 valence electrons. The van der Waals surface area contributed by atoms with Gasteiger partial charge in [-0.15, -0.1) is 0 Å². The Labute approximate surface area is 146 Å². The van der Waals surface area contributed by atoms with E-state index >= 15 is 0 Å². The number of ether oxygens (including phenoxy) is 1. The number of likely N-dealkylation sites (tertiary alicyclic amines) is 2. The Bertz CT molecular complexity index is 601. The van der Waals surface area contributed by atoms with Crippen molar-refractivity contribution in [3.63, 3.8) is 0 Å². The number of nitrogens with zero attached hydrogens (tertiary/aromatic N) is 2. The van der Waals surface area contributed by atoms with Gasteiger partial charge < -0.3 is 14.7 Å². The first-order valence-electron chi connectivity index (χ1n) is 8.61. The molecule has 2 aliphatic rings. The summed E-state index contributed by atoms with van der Waals surface area (Å²) >= 11 is 0. The number of carbonyl (C=O) groups is 1. The highest BCUT2D eigenvalue weighted by molar-refractivity contribution is 5.94. The zero-order valence-corrected chi connectivity index (χ0v) is 14.3. The molecule has 0 unspecified atom stereocenters. The molecule has 3 rings (SSSR count). The number of rotatable bonds is 4. The molecule has 1 atom stereocenters. The summed E-state index contributed by atoms with van der Waals surface area (Å²) in [6.07, 6.45) is 1.01. The molecule has 0 saturated carbocycles. The molecular weight excluding hydrogens is 330 g/mol. The van der Waals surface area contributed by atoms with Crippen LogP contribution in [0.2, 0.25) is 0 Å². The summed E-state index contributed by atoms with van der Waals surface area (Å²) in [5, 5.41) is 9.38. The van der Waals surface area contributed by atoms with Gasteiger partial charge in [-0.05, 0) is 37.1 Å². The first-order chi connectivity index (χ1) is 11.9. The molecule has 1 N–H and O–H groups in total. The van der Waals surface area contributed by atoms with Crippen molar-refractivity contribution in [3.05, 3.63) is 29.8 Å². The van der Waals surface area contributed by atoms with E-state index in [0.29, 0.717) is 37.2 Å². The molecule has 2 saturated heterocycles. The molecule has 0 radical (unpaired) electrons. The van der Waals surface area contributed by atoms with E-state index in [1.54, 1.807) is 41.2 Å². The fraction of sp³-hybridized carbons (Fsp3) is 0.611. The third kappa shape index (κ3) is 3.93. The Morgan fingerprint density at radius 3 is 2.48 bits per heavy atom. The molecule has 5 nitrogen and oxygen atoms in total. The van der Waals surface area contributed by atoms with E-state index in [9.17, 15) is 18.7 Å². The average molecular weight is 354 g/mol. The van der Waals surface area contributed by atoms with Crippen LogP contribution in [0.25, 0.3) is 0 Å². The quantitative estimate of drug-likeness (QED) is 0.899. The molecular formula is C18H24F2N2O3. The highest BCUT2D eigenvalue weighted by atomic mass is 19.3. The molecule has 0 aliphatic carbocycles. The molecule has 2 aliphatic heterocycles. The number of amides is 1. The topological polar surface area (TPSA) is 53.0 Å². The highest BCUT2D eigenvalue weighted by Gasteiger charge is 2.47. The molecule has 1 amide bonds. The number of hydrogen-bond acceptors (Lipinski definition) is 4. The summed E-state index contributed by atoms with van der Waals surface area (Å²) < 4.78 is 32.4.